The summed E-state index contributed by atoms with van der Waals surface area (Å²) in [5.74, 6) is 0.968. The van der Waals surface area contributed by atoms with Crippen molar-refractivity contribution in [3.05, 3.63) is 123 Å². The number of ether oxygens (including phenoxy) is 1. The first-order chi connectivity index (χ1) is 25.2. The van der Waals surface area contributed by atoms with Gasteiger partial charge in [-0.2, -0.15) is 0 Å². The van der Waals surface area contributed by atoms with Gasteiger partial charge < -0.3 is 15.0 Å². The Bertz CT molecular complexity index is 1960. The Balaban J connectivity index is 1.38. The van der Waals surface area contributed by atoms with E-state index in [1.54, 1.807) is 12.4 Å². The van der Waals surface area contributed by atoms with Gasteiger partial charge >= 0.3 is 6.03 Å². The van der Waals surface area contributed by atoms with Crippen LogP contribution in [0.4, 0.5) is 4.79 Å². The van der Waals surface area contributed by atoms with Crippen LogP contribution < -0.4 is 10.1 Å². The van der Waals surface area contributed by atoms with Gasteiger partial charge in [-0.1, -0.05) is 74.3 Å². The number of nitrogens with one attached hydrogen (secondary N) is 1. The Hall–Kier alpha value is -4.51. The molecule has 2 atom stereocenters. The Labute approximate surface area is 322 Å². The van der Waals surface area contributed by atoms with Gasteiger partial charge in [0.15, 0.2) is 0 Å². The summed E-state index contributed by atoms with van der Waals surface area (Å²) in [7, 11) is 0. The second kappa shape index (κ2) is 15.5. The van der Waals surface area contributed by atoms with Gasteiger partial charge in [-0.3, -0.25) is 29.6 Å². The van der Waals surface area contributed by atoms with Crippen LogP contribution in [0.3, 0.4) is 0 Å². The molecule has 1 saturated heterocycles. The van der Waals surface area contributed by atoms with Gasteiger partial charge in [0.1, 0.15) is 22.7 Å². The lowest BCUT2D eigenvalue weighted by atomic mass is 9.71. The third-order valence-corrected chi connectivity index (χ3v) is 10.8. The first kappa shape index (κ1) is 38.2. The zero-order valence-corrected chi connectivity index (χ0v) is 32.7. The lowest BCUT2D eigenvalue weighted by Gasteiger charge is -2.47. The maximum atomic E-state index is 15.3. The van der Waals surface area contributed by atoms with Crippen molar-refractivity contribution in [3.63, 3.8) is 0 Å². The molecule has 12 heteroatoms. The van der Waals surface area contributed by atoms with E-state index in [2.05, 4.69) is 49.8 Å². The Morgan fingerprint density at radius 3 is 2.11 bits per heavy atom. The number of rotatable bonds is 9. The Morgan fingerprint density at radius 1 is 0.887 bits per heavy atom. The highest BCUT2D eigenvalue weighted by Gasteiger charge is 2.60. The van der Waals surface area contributed by atoms with Crippen LogP contribution in [0.2, 0.25) is 10.0 Å². The van der Waals surface area contributed by atoms with Crippen LogP contribution >= 0.6 is 23.2 Å². The number of urea groups is 1. The smallest absolute Gasteiger partial charge is 0.326 e. The first-order valence-electron chi connectivity index (χ1n) is 18.0. The lowest BCUT2D eigenvalue weighted by Crippen LogP contribution is -2.61. The third kappa shape index (κ3) is 7.77. The maximum Gasteiger partial charge on any atom is 0.326 e. The van der Waals surface area contributed by atoms with Crippen molar-refractivity contribution in [1.29, 1.82) is 0 Å². The van der Waals surface area contributed by atoms with Crippen LogP contribution in [0.15, 0.2) is 90.2 Å². The molecule has 4 aromatic rings. The van der Waals surface area contributed by atoms with E-state index in [9.17, 15) is 4.79 Å². The quantitative estimate of drug-likeness (QED) is 0.191. The summed E-state index contributed by atoms with van der Waals surface area (Å²) in [6.45, 7) is 15.3. The normalized spacial score (nSPS) is 20.6. The highest BCUT2D eigenvalue weighted by atomic mass is 35.5. The van der Waals surface area contributed by atoms with E-state index in [0.29, 0.717) is 66.5 Å². The minimum absolute atomic E-state index is 0.0897. The molecule has 0 saturated carbocycles. The first-order valence-corrected chi connectivity index (χ1v) is 18.7. The van der Waals surface area contributed by atoms with Crippen LogP contribution in [0.25, 0.3) is 0 Å². The van der Waals surface area contributed by atoms with Crippen LogP contribution in [0.5, 0.6) is 5.75 Å². The largest absolute Gasteiger partial charge is 0.493 e. The topological polar surface area (TPSA) is 103 Å². The van der Waals surface area contributed by atoms with Crippen LogP contribution in [-0.4, -0.2) is 81.8 Å². The van der Waals surface area contributed by atoms with Gasteiger partial charge in [0, 0.05) is 65.8 Å². The van der Waals surface area contributed by atoms with Gasteiger partial charge in [-0.15, -0.1) is 0 Å². The van der Waals surface area contributed by atoms with Crippen molar-refractivity contribution in [2.75, 3.05) is 39.3 Å². The number of hydrogen-bond acceptors (Lipinski definition) is 7. The molecule has 1 fully saturated rings. The SMILES string of the molecule is CCOc1cc(C(C)(C)C)ncc1C1=N[C@@](C)(c2ccc(Cl)cc2)[C@@](C)(c2ccc(Cl)cc2)N1C(=O)N1CCN(CC(=O)NCc2ccccn2)CC1. The number of hydrogen-bond donors (Lipinski definition) is 1. The van der Waals surface area contributed by atoms with Crippen molar-refractivity contribution in [3.8, 4) is 5.75 Å². The fraction of sp³-hybridized carbons (Fsp3) is 0.390. The number of benzene rings is 2. The molecule has 0 spiro atoms. The number of aliphatic imine (C=N–C) groups is 1. The van der Waals surface area contributed by atoms with E-state index >= 15 is 4.79 Å². The summed E-state index contributed by atoms with van der Waals surface area (Å²) in [6.07, 6.45) is 3.49. The molecule has 278 valence electrons. The Morgan fingerprint density at radius 2 is 1.53 bits per heavy atom. The summed E-state index contributed by atoms with van der Waals surface area (Å²) in [5, 5.41) is 4.14. The molecule has 0 aliphatic carbocycles. The molecule has 2 aliphatic rings. The van der Waals surface area contributed by atoms with Crippen LogP contribution in [0, 0.1) is 0 Å². The summed E-state index contributed by atoms with van der Waals surface area (Å²) >= 11 is 12.8. The van der Waals surface area contributed by atoms with Crippen molar-refractivity contribution < 1.29 is 14.3 Å². The summed E-state index contributed by atoms with van der Waals surface area (Å²) in [6, 6.07) is 22.6. The molecular weight excluding hydrogens is 709 g/mol. The van der Waals surface area contributed by atoms with Gasteiger partial charge in [0.25, 0.3) is 0 Å². The maximum absolute atomic E-state index is 15.3. The highest BCUT2D eigenvalue weighted by molar-refractivity contribution is 6.30. The van der Waals surface area contributed by atoms with E-state index in [-0.39, 0.29) is 23.9 Å². The fourth-order valence-electron chi connectivity index (χ4n) is 7.05. The highest BCUT2D eigenvalue weighted by Crippen LogP contribution is 2.54. The van der Waals surface area contributed by atoms with E-state index in [4.69, 9.17) is 37.9 Å². The minimum Gasteiger partial charge on any atom is -0.493 e. The second-order valence-corrected chi connectivity index (χ2v) is 15.7. The summed E-state index contributed by atoms with van der Waals surface area (Å²) < 4.78 is 6.28. The van der Waals surface area contributed by atoms with Gasteiger partial charge in [-0.05, 0) is 68.3 Å². The number of carbonyl (C=O) groups excluding carboxylic acids is 2. The monoisotopic (exact) mass is 755 g/mol. The predicted octanol–water partition coefficient (Wildman–Crippen LogP) is 7.43. The number of amidine groups is 1. The molecule has 4 heterocycles. The number of carbonyl (C=O) groups is 2. The number of amides is 3. The second-order valence-electron chi connectivity index (χ2n) is 14.8. The van der Waals surface area contributed by atoms with Crippen molar-refractivity contribution >= 4 is 41.0 Å². The number of pyridine rings is 2. The third-order valence-electron chi connectivity index (χ3n) is 10.3. The van der Waals surface area contributed by atoms with E-state index in [1.807, 2.05) is 89.5 Å². The molecule has 3 amide bonds. The number of piperazine rings is 1. The number of halogens is 2. The predicted molar refractivity (Wildman–Crippen MR) is 210 cm³/mol. The van der Waals surface area contributed by atoms with E-state index < -0.39 is 11.1 Å². The molecule has 53 heavy (non-hydrogen) atoms. The van der Waals surface area contributed by atoms with Gasteiger partial charge in [0.05, 0.1) is 31.0 Å². The fourth-order valence-corrected chi connectivity index (χ4v) is 7.30. The van der Waals surface area contributed by atoms with Crippen molar-refractivity contribution in [1.82, 2.24) is 30.0 Å². The minimum atomic E-state index is -1.05. The molecule has 1 N–H and O–H groups in total. The zero-order chi connectivity index (χ0) is 38.0. The van der Waals surface area contributed by atoms with Crippen LogP contribution in [0.1, 0.15) is 69.6 Å². The average molecular weight is 757 g/mol. The number of nitrogens with zero attached hydrogens (tertiary/aromatic N) is 6. The molecular formula is C41H47Cl2N7O3. The standard InChI is InChI=1S/C41H47Cl2N7O3/c1-7-53-34-24-35(39(2,3)4)45-26-33(34)37-47-40(5,28-11-15-30(42)16-12-28)41(6,29-13-17-31(43)18-14-29)50(37)38(52)49-22-20-48(21-23-49)27-36(51)46-25-32-10-8-9-19-44-32/h8-19,24,26H,7,20-23,25,27H2,1-6H3,(H,46,51)/t40-,41+/m0/s1. The van der Waals surface area contributed by atoms with Gasteiger partial charge in [0.2, 0.25) is 5.91 Å². The molecule has 10 nitrogen and oxygen atoms in total. The van der Waals surface area contributed by atoms with Crippen molar-refractivity contribution in [2.24, 2.45) is 4.99 Å². The molecule has 0 bridgehead atoms. The zero-order valence-electron chi connectivity index (χ0n) is 31.2. The van der Waals surface area contributed by atoms with Gasteiger partial charge in [-0.25, -0.2) is 4.79 Å². The average Bonchev–Trinajstić information content (AvgIpc) is 3.39. The van der Waals surface area contributed by atoms with Crippen LogP contribution in [-0.2, 0) is 27.8 Å². The van der Waals surface area contributed by atoms with Crippen molar-refractivity contribution in [2.45, 2.75) is 64.6 Å². The summed E-state index contributed by atoms with van der Waals surface area (Å²) in [5.41, 5.74) is 1.74. The van der Waals surface area contributed by atoms with E-state index in [1.165, 1.54) is 0 Å². The number of aromatic nitrogens is 2. The molecule has 6 rings (SSSR count). The Kier molecular flexibility index (Phi) is 11.1. The lowest BCUT2D eigenvalue weighted by molar-refractivity contribution is -0.122. The molecule has 2 aliphatic heterocycles. The molecule has 0 radical (unpaired) electrons. The molecule has 2 aromatic heterocycles. The molecule has 0 unspecified atom stereocenters. The van der Waals surface area contributed by atoms with E-state index in [0.717, 1.165) is 22.5 Å². The molecule has 2 aromatic carbocycles. The summed E-state index contributed by atoms with van der Waals surface area (Å²) in [4.78, 5) is 48.5.